The summed E-state index contributed by atoms with van der Waals surface area (Å²) in [5, 5.41) is 2.92. The van der Waals surface area contributed by atoms with Gasteiger partial charge in [0.25, 0.3) is 0 Å². The molecule has 1 aromatic heterocycles. The molecular formula is C15H24N2O3. The topological polar surface area (TPSA) is 60.5 Å². The van der Waals surface area contributed by atoms with Crippen LogP contribution in [0.1, 0.15) is 33.3 Å². The van der Waals surface area contributed by atoms with Crippen LogP contribution in [0, 0.1) is 0 Å². The molecule has 0 atom stereocenters. The number of aromatic nitrogens is 1. The van der Waals surface area contributed by atoms with Crippen molar-refractivity contribution in [3.8, 4) is 5.88 Å². The monoisotopic (exact) mass is 280 g/mol. The molecule has 0 saturated carbocycles. The zero-order chi connectivity index (χ0) is 15.0. The molecule has 0 fully saturated rings. The number of nitrogens with zero attached hydrogens (tertiary/aromatic N) is 1. The largest absolute Gasteiger partial charge is 0.475 e. The lowest BCUT2D eigenvalue weighted by Gasteiger charge is -2.25. The number of rotatable bonds is 8. The third-order valence-electron chi connectivity index (χ3n) is 2.64. The lowest BCUT2D eigenvalue weighted by Crippen LogP contribution is -2.44. The van der Waals surface area contributed by atoms with Gasteiger partial charge in [-0.3, -0.25) is 4.79 Å². The Hall–Kier alpha value is -1.62. The maximum atomic E-state index is 11.1. The fourth-order valence-corrected chi connectivity index (χ4v) is 1.98. The van der Waals surface area contributed by atoms with Gasteiger partial charge in [0, 0.05) is 31.3 Å². The van der Waals surface area contributed by atoms with E-state index in [1.54, 1.807) is 6.20 Å². The van der Waals surface area contributed by atoms with Crippen molar-refractivity contribution in [3.63, 3.8) is 0 Å². The molecule has 1 amide bonds. The van der Waals surface area contributed by atoms with E-state index in [0.717, 1.165) is 12.0 Å². The maximum Gasteiger partial charge on any atom is 0.217 e. The standard InChI is InChI=1S/C15H24N2O3/c1-5-19-8-9-20-14-7-6-13(11-16-14)10-15(3,4)17-12(2)18/h6-7,11H,5,8-10H2,1-4H3,(H,17,18). The molecule has 0 saturated heterocycles. The lowest BCUT2D eigenvalue weighted by molar-refractivity contribution is -0.120. The van der Waals surface area contributed by atoms with Crippen LogP contribution < -0.4 is 10.1 Å². The van der Waals surface area contributed by atoms with Crippen LogP contribution in [0.15, 0.2) is 18.3 Å². The van der Waals surface area contributed by atoms with Crippen molar-refractivity contribution in [1.82, 2.24) is 10.3 Å². The first-order valence-corrected chi connectivity index (χ1v) is 6.87. The van der Waals surface area contributed by atoms with Gasteiger partial charge in [0.2, 0.25) is 11.8 Å². The Kier molecular flexibility index (Phi) is 6.45. The van der Waals surface area contributed by atoms with Gasteiger partial charge in [-0.1, -0.05) is 6.07 Å². The van der Waals surface area contributed by atoms with Gasteiger partial charge in [-0.2, -0.15) is 0 Å². The molecule has 1 aromatic rings. The summed E-state index contributed by atoms with van der Waals surface area (Å²) in [5.41, 5.74) is 0.770. The fraction of sp³-hybridized carbons (Fsp3) is 0.600. The van der Waals surface area contributed by atoms with E-state index in [0.29, 0.717) is 25.7 Å². The summed E-state index contributed by atoms with van der Waals surface area (Å²) in [7, 11) is 0. The summed E-state index contributed by atoms with van der Waals surface area (Å²) in [6, 6.07) is 3.80. The number of carbonyl (C=O) groups excluding carboxylic acids is 1. The minimum Gasteiger partial charge on any atom is -0.475 e. The van der Waals surface area contributed by atoms with Gasteiger partial charge in [0.05, 0.1) is 6.61 Å². The fourth-order valence-electron chi connectivity index (χ4n) is 1.98. The van der Waals surface area contributed by atoms with Crippen molar-refractivity contribution in [2.24, 2.45) is 0 Å². The SMILES string of the molecule is CCOCCOc1ccc(CC(C)(C)NC(C)=O)cn1. The number of nitrogens with one attached hydrogen (secondary N) is 1. The Bertz CT molecular complexity index is 416. The summed E-state index contributed by atoms with van der Waals surface area (Å²) >= 11 is 0. The van der Waals surface area contributed by atoms with E-state index >= 15 is 0 Å². The van der Waals surface area contributed by atoms with E-state index in [2.05, 4.69) is 10.3 Å². The zero-order valence-corrected chi connectivity index (χ0v) is 12.7. The maximum absolute atomic E-state index is 11.1. The number of hydrogen-bond donors (Lipinski definition) is 1. The van der Waals surface area contributed by atoms with Gasteiger partial charge in [0.15, 0.2) is 0 Å². The molecule has 0 spiro atoms. The quantitative estimate of drug-likeness (QED) is 0.739. The molecule has 0 aromatic carbocycles. The van der Waals surface area contributed by atoms with E-state index in [1.807, 2.05) is 32.9 Å². The summed E-state index contributed by atoms with van der Waals surface area (Å²) in [5.74, 6) is 0.560. The van der Waals surface area contributed by atoms with Crippen molar-refractivity contribution < 1.29 is 14.3 Å². The summed E-state index contributed by atoms with van der Waals surface area (Å²) in [6.07, 6.45) is 2.50. The normalized spacial score (nSPS) is 11.2. The lowest BCUT2D eigenvalue weighted by atomic mass is 9.96. The Morgan fingerprint density at radius 3 is 2.65 bits per heavy atom. The predicted octanol–water partition coefficient (Wildman–Crippen LogP) is 1.95. The Morgan fingerprint density at radius 2 is 2.10 bits per heavy atom. The zero-order valence-electron chi connectivity index (χ0n) is 12.7. The van der Waals surface area contributed by atoms with E-state index in [-0.39, 0.29) is 11.4 Å². The highest BCUT2D eigenvalue weighted by atomic mass is 16.5. The molecule has 112 valence electrons. The molecule has 1 rings (SSSR count). The van der Waals surface area contributed by atoms with Crippen LogP contribution in [0.25, 0.3) is 0 Å². The molecule has 5 heteroatoms. The Morgan fingerprint density at radius 1 is 1.35 bits per heavy atom. The number of ether oxygens (including phenoxy) is 2. The van der Waals surface area contributed by atoms with Crippen LogP contribution in [-0.4, -0.2) is 36.3 Å². The molecule has 0 radical (unpaired) electrons. The van der Waals surface area contributed by atoms with Gasteiger partial charge in [-0.25, -0.2) is 4.98 Å². The highest BCUT2D eigenvalue weighted by molar-refractivity contribution is 5.73. The second kappa shape index (κ2) is 7.85. The molecule has 0 aliphatic carbocycles. The van der Waals surface area contributed by atoms with Crippen molar-refractivity contribution in [2.75, 3.05) is 19.8 Å². The van der Waals surface area contributed by atoms with E-state index < -0.39 is 0 Å². The van der Waals surface area contributed by atoms with Crippen molar-refractivity contribution in [1.29, 1.82) is 0 Å². The van der Waals surface area contributed by atoms with Crippen LogP contribution in [0.3, 0.4) is 0 Å². The van der Waals surface area contributed by atoms with E-state index in [4.69, 9.17) is 9.47 Å². The first kappa shape index (κ1) is 16.4. The molecule has 20 heavy (non-hydrogen) atoms. The summed E-state index contributed by atoms with van der Waals surface area (Å²) in [6.45, 7) is 9.20. The van der Waals surface area contributed by atoms with Gasteiger partial charge in [-0.15, -0.1) is 0 Å². The molecule has 1 N–H and O–H groups in total. The number of pyridine rings is 1. The molecule has 0 aliphatic rings. The van der Waals surface area contributed by atoms with Gasteiger partial charge in [-0.05, 0) is 32.8 Å². The van der Waals surface area contributed by atoms with Crippen LogP contribution in [0.5, 0.6) is 5.88 Å². The van der Waals surface area contributed by atoms with E-state index in [9.17, 15) is 4.79 Å². The van der Waals surface area contributed by atoms with Crippen molar-refractivity contribution >= 4 is 5.91 Å². The van der Waals surface area contributed by atoms with Crippen LogP contribution in [0.2, 0.25) is 0 Å². The van der Waals surface area contributed by atoms with E-state index in [1.165, 1.54) is 6.92 Å². The van der Waals surface area contributed by atoms with Crippen LogP contribution >= 0.6 is 0 Å². The third kappa shape index (κ3) is 6.52. The molecular weight excluding hydrogens is 256 g/mol. The molecule has 5 nitrogen and oxygen atoms in total. The minimum atomic E-state index is -0.287. The average Bonchev–Trinajstić information content (AvgIpc) is 2.34. The first-order valence-electron chi connectivity index (χ1n) is 6.87. The number of amides is 1. The van der Waals surface area contributed by atoms with Crippen LogP contribution in [0.4, 0.5) is 0 Å². The predicted molar refractivity (Wildman–Crippen MR) is 77.8 cm³/mol. The van der Waals surface area contributed by atoms with Crippen LogP contribution in [-0.2, 0) is 16.0 Å². The van der Waals surface area contributed by atoms with Gasteiger partial charge < -0.3 is 14.8 Å². The van der Waals surface area contributed by atoms with Crippen molar-refractivity contribution in [2.45, 2.75) is 39.7 Å². The Labute approximate surface area is 120 Å². The number of hydrogen-bond acceptors (Lipinski definition) is 4. The van der Waals surface area contributed by atoms with Gasteiger partial charge >= 0.3 is 0 Å². The number of carbonyl (C=O) groups is 1. The average molecular weight is 280 g/mol. The summed E-state index contributed by atoms with van der Waals surface area (Å²) in [4.78, 5) is 15.4. The first-order chi connectivity index (χ1) is 9.43. The molecule has 0 bridgehead atoms. The Balaban J connectivity index is 2.47. The molecule has 1 heterocycles. The third-order valence-corrected chi connectivity index (χ3v) is 2.64. The smallest absolute Gasteiger partial charge is 0.217 e. The highest BCUT2D eigenvalue weighted by Crippen LogP contribution is 2.14. The second-order valence-corrected chi connectivity index (χ2v) is 5.29. The highest BCUT2D eigenvalue weighted by Gasteiger charge is 2.19. The van der Waals surface area contributed by atoms with Crippen molar-refractivity contribution in [3.05, 3.63) is 23.9 Å². The second-order valence-electron chi connectivity index (χ2n) is 5.29. The van der Waals surface area contributed by atoms with Gasteiger partial charge in [0.1, 0.15) is 6.61 Å². The summed E-state index contributed by atoms with van der Waals surface area (Å²) < 4.78 is 10.6. The molecule has 0 aliphatic heterocycles. The minimum absolute atomic E-state index is 0.0289. The molecule has 0 unspecified atom stereocenters.